The molecule has 0 saturated carbocycles. The van der Waals surface area contributed by atoms with E-state index in [9.17, 15) is 4.39 Å². The topological polar surface area (TPSA) is 47.3 Å². The summed E-state index contributed by atoms with van der Waals surface area (Å²) in [7, 11) is 1.53. The predicted molar refractivity (Wildman–Crippen MR) is 72.1 cm³/mol. The summed E-state index contributed by atoms with van der Waals surface area (Å²) in [4.78, 5) is 0. The van der Waals surface area contributed by atoms with E-state index >= 15 is 0 Å². The average molecular weight is 267 g/mol. The van der Waals surface area contributed by atoms with Gasteiger partial charge in [0.1, 0.15) is 11.6 Å². The molecule has 2 rings (SSSR count). The van der Waals surface area contributed by atoms with E-state index in [-0.39, 0.29) is 5.69 Å². The summed E-state index contributed by atoms with van der Waals surface area (Å²) in [5.74, 6) is 0.144. The Kier molecular flexibility index (Phi) is 3.58. The molecule has 0 heterocycles. The summed E-state index contributed by atoms with van der Waals surface area (Å²) >= 11 is 5.99. The molecular formula is C13H12ClFN2O. The molecule has 0 saturated heterocycles. The molecule has 0 unspecified atom stereocenters. The highest BCUT2D eigenvalue weighted by Gasteiger charge is 2.07. The zero-order valence-electron chi connectivity index (χ0n) is 9.71. The molecule has 3 N–H and O–H groups in total. The number of nitrogen functional groups attached to an aromatic ring is 1. The minimum absolute atomic E-state index is 0.235. The van der Waals surface area contributed by atoms with Gasteiger partial charge in [-0.1, -0.05) is 17.7 Å². The van der Waals surface area contributed by atoms with Crippen molar-refractivity contribution < 1.29 is 9.13 Å². The van der Waals surface area contributed by atoms with Crippen molar-refractivity contribution in [3.63, 3.8) is 0 Å². The number of anilines is 3. The van der Waals surface area contributed by atoms with Crippen LogP contribution in [0.15, 0.2) is 36.4 Å². The number of nitrogens with two attached hydrogens (primary N) is 1. The van der Waals surface area contributed by atoms with Crippen molar-refractivity contribution in [2.45, 2.75) is 0 Å². The van der Waals surface area contributed by atoms with Gasteiger partial charge in [-0.3, -0.25) is 0 Å². The summed E-state index contributed by atoms with van der Waals surface area (Å²) in [5, 5.41) is 3.33. The van der Waals surface area contributed by atoms with Crippen molar-refractivity contribution >= 4 is 28.7 Å². The van der Waals surface area contributed by atoms with Gasteiger partial charge in [-0.05, 0) is 30.3 Å². The van der Waals surface area contributed by atoms with Crippen molar-refractivity contribution in [1.82, 2.24) is 0 Å². The van der Waals surface area contributed by atoms with E-state index in [4.69, 9.17) is 22.1 Å². The monoisotopic (exact) mass is 266 g/mol. The van der Waals surface area contributed by atoms with Crippen LogP contribution in [0.3, 0.4) is 0 Å². The van der Waals surface area contributed by atoms with Crippen LogP contribution >= 0.6 is 11.6 Å². The maximum Gasteiger partial charge on any atom is 0.148 e. The Bertz CT molecular complexity index is 555. The summed E-state index contributed by atoms with van der Waals surface area (Å²) in [5.41, 5.74) is 6.91. The van der Waals surface area contributed by atoms with E-state index < -0.39 is 5.82 Å². The third kappa shape index (κ3) is 2.49. The van der Waals surface area contributed by atoms with E-state index in [2.05, 4.69) is 5.32 Å². The van der Waals surface area contributed by atoms with Crippen LogP contribution in [0.1, 0.15) is 0 Å². The van der Waals surface area contributed by atoms with Crippen LogP contribution in [0.5, 0.6) is 5.75 Å². The number of halogens is 2. The van der Waals surface area contributed by atoms with Crippen LogP contribution in [0, 0.1) is 5.82 Å². The Labute approximate surface area is 109 Å². The maximum atomic E-state index is 13.6. The summed E-state index contributed by atoms with van der Waals surface area (Å²) in [6.07, 6.45) is 0. The highest BCUT2D eigenvalue weighted by molar-refractivity contribution is 6.32. The van der Waals surface area contributed by atoms with Gasteiger partial charge in [0, 0.05) is 5.69 Å². The molecule has 0 aliphatic heterocycles. The minimum atomic E-state index is -0.415. The third-order valence-corrected chi connectivity index (χ3v) is 2.76. The molecule has 0 bridgehead atoms. The van der Waals surface area contributed by atoms with Gasteiger partial charge < -0.3 is 15.8 Å². The molecule has 0 spiro atoms. The van der Waals surface area contributed by atoms with Gasteiger partial charge in [-0.2, -0.15) is 0 Å². The summed E-state index contributed by atoms with van der Waals surface area (Å²) in [6.45, 7) is 0. The Morgan fingerprint density at radius 3 is 2.67 bits per heavy atom. The van der Waals surface area contributed by atoms with Crippen molar-refractivity contribution in [2.24, 2.45) is 0 Å². The normalized spacial score (nSPS) is 10.2. The second-order valence-corrected chi connectivity index (χ2v) is 4.09. The summed E-state index contributed by atoms with van der Waals surface area (Å²) < 4.78 is 18.6. The molecule has 0 amide bonds. The molecule has 5 heteroatoms. The highest BCUT2D eigenvalue weighted by atomic mass is 35.5. The van der Waals surface area contributed by atoms with Gasteiger partial charge in [0.05, 0.1) is 23.5 Å². The number of benzene rings is 2. The fourth-order valence-electron chi connectivity index (χ4n) is 1.56. The number of nitrogens with one attached hydrogen (secondary N) is 1. The minimum Gasteiger partial charge on any atom is -0.495 e. The first-order valence-electron chi connectivity index (χ1n) is 5.26. The lowest BCUT2D eigenvalue weighted by Crippen LogP contribution is -1.99. The molecule has 0 aromatic heterocycles. The summed E-state index contributed by atoms with van der Waals surface area (Å²) in [6, 6.07) is 9.59. The van der Waals surface area contributed by atoms with Gasteiger partial charge in [-0.15, -0.1) is 0 Å². The fraction of sp³-hybridized carbons (Fsp3) is 0.0769. The lowest BCUT2D eigenvalue weighted by atomic mass is 10.2. The molecule has 0 aliphatic rings. The first-order valence-corrected chi connectivity index (χ1v) is 5.64. The van der Waals surface area contributed by atoms with E-state index in [1.54, 1.807) is 30.3 Å². The first kappa shape index (κ1) is 12.5. The van der Waals surface area contributed by atoms with E-state index in [1.807, 2.05) is 0 Å². The Morgan fingerprint density at radius 2 is 2.06 bits per heavy atom. The molecule has 2 aromatic carbocycles. The zero-order valence-corrected chi connectivity index (χ0v) is 10.5. The number of methoxy groups -OCH3 is 1. The second-order valence-electron chi connectivity index (χ2n) is 3.68. The average Bonchev–Trinajstić information content (AvgIpc) is 2.34. The van der Waals surface area contributed by atoms with Crippen LogP contribution in [-0.4, -0.2) is 7.11 Å². The van der Waals surface area contributed by atoms with Gasteiger partial charge in [0.15, 0.2) is 0 Å². The fourth-order valence-corrected chi connectivity index (χ4v) is 1.82. The Hall–Kier alpha value is -1.94. The van der Waals surface area contributed by atoms with Crippen LogP contribution < -0.4 is 15.8 Å². The maximum absolute atomic E-state index is 13.6. The first-order chi connectivity index (χ1) is 8.61. The van der Waals surface area contributed by atoms with Crippen molar-refractivity contribution in [2.75, 3.05) is 18.2 Å². The van der Waals surface area contributed by atoms with Crippen molar-refractivity contribution in [1.29, 1.82) is 0 Å². The number of ether oxygens (including phenoxy) is 1. The Balaban J connectivity index is 2.32. The molecule has 94 valence electrons. The number of para-hydroxylation sites is 1. The lowest BCUT2D eigenvalue weighted by molar-refractivity contribution is 0.415. The molecule has 2 aromatic rings. The highest BCUT2D eigenvalue weighted by Crippen LogP contribution is 2.31. The quantitative estimate of drug-likeness (QED) is 0.831. The third-order valence-electron chi connectivity index (χ3n) is 2.47. The van der Waals surface area contributed by atoms with Gasteiger partial charge >= 0.3 is 0 Å². The zero-order chi connectivity index (χ0) is 13.1. The van der Waals surface area contributed by atoms with Crippen molar-refractivity contribution in [3.8, 4) is 5.75 Å². The molecule has 18 heavy (non-hydrogen) atoms. The number of rotatable bonds is 3. The molecule has 0 atom stereocenters. The Morgan fingerprint density at radius 1 is 1.28 bits per heavy atom. The molecule has 0 radical (unpaired) electrons. The van der Waals surface area contributed by atoms with Gasteiger partial charge in [0.2, 0.25) is 0 Å². The SMILES string of the molecule is COc1ccc(Nc2c(N)cccc2F)cc1Cl. The molecule has 0 fully saturated rings. The molecular weight excluding hydrogens is 255 g/mol. The van der Waals surface area contributed by atoms with E-state index in [0.29, 0.717) is 22.1 Å². The van der Waals surface area contributed by atoms with Crippen LogP contribution in [0.2, 0.25) is 5.02 Å². The van der Waals surface area contributed by atoms with Crippen LogP contribution in [0.4, 0.5) is 21.5 Å². The second kappa shape index (κ2) is 5.14. The predicted octanol–water partition coefficient (Wildman–Crippen LogP) is 3.81. The molecule has 3 nitrogen and oxygen atoms in total. The lowest BCUT2D eigenvalue weighted by Gasteiger charge is -2.11. The largest absolute Gasteiger partial charge is 0.495 e. The van der Waals surface area contributed by atoms with Crippen LogP contribution in [0.25, 0.3) is 0 Å². The number of hydrogen-bond acceptors (Lipinski definition) is 3. The molecule has 0 aliphatic carbocycles. The van der Waals surface area contributed by atoms with Gasteiger partial charge in [0.25, 0.3) is 0 Å². The van der Waals surface area contributed by atoms with E-state index in [1.165, 1.54) is 13.2 Å². The van der Waals surface area contributed by atoms with E-state index in [0.717, 1.165) is 0 Å². The van der Waals surface area contributed by atoms with Crippen LogP contribution in [-0.2, 0) is 0 Å². The standard InChI is InChI=1S/C13H12ClFN2O/c1-18-12-6-5-8(7-9(12)14)17-13-10(15)3-2-4-11(13)16/h2-7,17H,16H2,1H3. The number of hydrogen-bond donors (Lipinski definition) is 2. The van der Waals surface area contributed by atoms with Gasteiger partial charge in [-0.25, -0.2) is 4.39 Å². The van der Waals surface area contributed by atoms with Crippen molar-refractivity contribution in [3.05, 3.63) is 47.2 Å². The smallest absolute Gasteiger partial charge is 0.148 e.